The maximum absolute atomic E-state index is 14.0. The molecule has 0 bridgehead atoms. The molecular weight excluding hydrogens is 392 g/mol. The normalized spacial score (nSPS) is 11.7. The van der Waals surface area contributed by atoms with Crippen LogP contribution in [0.15, 0.2) is 35.4 Å². The molecule has 2 aromatic carbocycles. The minimum Gasteiger partial charge on any atom is -0.451 e. The van der Waals surface area contributed by atoms with Crippen LogP contribution in [0.2, 0.25) is 0 Å². The molecule has 0 unspecified atom stereocenters. The lowest BCUT2D eigenvalue weighted by Gasteiger charge is -2.12. The van der Waals surface area contributed by atoms with Gasteiger partial charge in [0.2, 0.25) is 5.71 Å². The maximum Gasteiger partial charge on any atom is 0.416 e. The molecule has 0 aliphatic heterocycles. The third-order valence-electron chi connectivity index (χ3n) is 3.14. The first-order valence-corrected chi connectivity index (χ1v) is 7.14. The van der Waals surface area contributed by atoms with Gasteiger partial charge in [-0.1, -0.05) is 0 Å². The highest BCUT2D eigenvalue weighted by atomic mass is 19.4. The quantitative estimate of drug-likeness (QED) is 0.303. The number of hydrazone groups is 1. The Bertz CT molecular complexity index is 973. The van der Waals surface area contributed by atoms with Crippen molar-refractivity contribution in [1.29, 1.82) is 10.7 Å². The molecule has 0 aromatic heterocycles. The molecule has 0 spiro atoms. The molecule has 2 aromatic rings. The van der Waals surface area contributed by atoms with E-state index in [2.05, 4.69) is 10.5 Å². The number of amidine groups is 1. The molecule has 28 heavy (non-hydrogen) atoms. The van der Waals surface area contributed by atoms with Crippen molar-refractivity contribution in [1.82, 2.24) is 0 Å². The van der Waals surface area contributed by atoms with Gasteiger partial charge in [-0.15, -0.1) is 0 Å². The van der Waals surface area contributed by atoms with Gasteiger partial charge in [-0.25, -0.2) is 13.2 Å². The molecule has 4 N–H and O–H groups in total. The van der Waals surface area contributed by atoms with Crippen LogP contribution in [0.3, 0.4) is 0 Å². The number of nitrogens with one attached hydrogen (secondary N) is 2. The molecule has 0 radical (unpaired) electrons. The number of halogens is 6. The highest BCUT2D eigenvalue weighted by Gasteiger charge is 2.33. The summed E-state index contributed by atoms with van der Waals surface area (Å²) < 4.78 is 84.0. The van der Waals surface area contributed by atoms with Gasteiger partial charge in [0.1, 0.15) is 11.8 Å². The zero-order valence-electron chi connectivity index (χ0n) is 13.5. The number of alkyl halides is 3. The standard InChI is InChI=1S/C16H9F6N5O/c17-9-5-8(1-2-12(9)26-27-13(6-23)15(24)25)28-14-10(18)3-7(4-11(14)19)16(20,21)22/h1-5,26H,(H3,24,25)/b27-13+. The fourth-order valence-corrected chi connectivity index (χ4v) is 1.85. The lowest BCUT2D eigenvalue weighted by Crippen LogP contribution is -2.22. The van der Waals surface area contributed by atoms with Gasteiger partial charge in [0.05, 0.1) is 11.3 Å². The summed E-state index contributed by atoms with van der Waals surface area (Å²) in [5, 5.41) is 19.1. The van der Waals surface area contributed by atoms with Crippen molar-refractivity contribution in [2.24, 2.45) is 10.8 Å². The summed E-state index contributed by atoms with van der Waals surface area (Å²) >= 11 is 0. The molecule has 0 aliphatic carbocycles. The summed E-state index contributed by atoms with van der Waals surface area (Å²) in [4.78, 5) is 0. The summed E-state index contributed by atoms with van der Waals surface area (Å²) in [6, 6.07) is 4.31. The van der Waals surface area contributed by atoms with Crippen LogP contribution in [-0.2, 0) is 6.18 Å². The highest BCUT2D eigenvalue weighted by Crippen LogP contribution is 2.36. The molecule has 0 amide bonds. The Morgan fingerprint density at radius 1 is 1.11 bits per heavy atom. The number of ether oxygens (including phenoxy) is 1. The van der Waals surface area contributed by atoms with Gasteiger partial charge in [0.25, 0.3) is 0 Å². The van der Waals surface area contributed by atoms with Crippen LogP contribution in [0.25, 0.3) is 0 Å². The summed E-state index contributed by atoms with van der Waals surface area (Å²) in [6.07, 6.45) is -4.96. The smallest absolute Gasteiger partial charge is 0.416 e. The van der Waals surface area contributed by atoms with E-state index in [4.69, 9.17) is 21.1 Å². The van der Waals surface area contributed by atoms with E-state index in [0.717, 1.165) is 12.1 Å². The van der Waals surface area contributed by atoms with E-state index < -0.39 is 52.2 Å². The molecular formula is C16H9F6N5O. The second-order valence-electron chi connectivity index (χ2n) is 5.11. The number of hydrogen-bond donors (Lipinski definition) is 3. The van der Waals surface area contributed by atoms with Gasteiger partial charge >= 0.3 is 6.18 Å². The lowest BCUT2D eigenvalue weighted by molar-refractivity contribution is -0.138. The SMILES string of the molecule is N#C/C(=N\Nc1ccc(Oc2c(F)cc(C(F)(F)F)cc2F)cc1F)C(=N)N. The van der Waals surface area contributed by atoms with Crippen LogP contribution in [0, 0.1) is 34.2 Å². The van der Waals surface area contributed by atoms with Crippen LogP contribution in [-0.4, -0.2) is 11.5 Å². The second kappa shape index (κ2) is 7.87. The van der Waals surface area contributed by atoms with Gasteiger partial charge in [-0.05, 0) is 24.3 Å². The molecule has 0 saturated carbocycles. The summed E-state index contributed by atoms with van der Waals surface area (Å²) in [7, 11) is 0. The number of nitrogens with two attached hydrogens (primary N) is 1. The van der Waals surface area contributed by atoms with Crippen LogP contribution >= 0.6 is 0 Å². The fourth-order valence-electron chi connectivity index (χ4n) is 1.85. The average Bonchev–Trinajstić information content (AvgIpc) is 2.59. The van der Waals surface area contributed by atoms with Crippen molar-refractivity contribution in [3.8, 4) is 17.6 Å². The summed E-state index contributed by atoms with van der Waals surface area (Å²) in [5.74, 6) is -6.51. The van der Waals surface area contributed by atoms with Crippen LogP contribution in [0.4, 0.5) is 32.0 Å². The molecule has 0 fully saturated rings. The first-order valence-electron chi connectivity index (χ1n) is 7.14. The summed E-state index contributed by atoms with van der Waals surface area (Å²) in [5.41, 5.74) is 4.82. The van der Waals surface area contributed by atoms with Crippen LogP contribution in [0.5, 0.6) is 11.5 Å². The van der Waals surface area contributed by atoms with E-state index in [-0.39, 0.29) is 17.8 Å². The second-order valence-corrected chi connectivity index (χ2v) is 5.11. The van der Waals surface area contributed by atoms with Crippen molar-refractivity contribution < 1.29 is 31.1 Å². The van der Waals surface area contributed by atoms with E-state index in [1.165, 1.54) is 6.07 Å². The zero-order valence-corrected chi connectivity index (χ0v) is 13.5. The Morgan fingerprint density at radius 3 is 2.18 bits per heavy atom. The fraction of sp³-hybridized carbons (Fsp3) is 0.0625. The van der Waals surface area contributed by atoms with E-state index >= 15 is 0 Å². The van der Waals surface area contributed by atoms with Gasteiger partial charge < -0.3 is 10.5 Å². The van der Waals surface area contributed by atoms with E-state index in [1.807, 2.05) is 0 Å². The minimum atomic E-state index is -4.96. The highest BCUT2D eigenvalue weighted by molar-refractivity contribution is 6.45. The third kappa shape index (κ3) is 4.70. The maximum atomic E-state index is 14.0. The molecule has 0 aliphatic rings. The molecule has 0 heterocycles. The average molecular weight is 401 g/mol. The van der Waals surface area contributed by atoms with Gasteiger partial charge in [-0.3, -0.25) is 10.8 Å². The number of hydrogen-bond acceptors (Lipinski definition) is 5. The van der Waals surface area contributed by atoms with Gasteiger partial charge in [0.15, 0.2) is 29.0 Å². The van der Waals surface area contributed by atoms with Gasteiger partial charge in [0, 0.05) is 6.07 Å². The predicted octanol–water partition coefficient (Wildman–Crippen LogP) is 4.14. The number of nitriles is 1. The van der Waals surface area contributed by atoms with Crippen molar-refractivity contribution in [2.75, 3.05) is 5.43 Å². The van der Waals surface area contributed by atoms with Gasteiger partial charge in [-0.2, -0.15) is 23.5 Å². The Kier molecular flexibility index (Phi) is 5.78. The monoisotopic (exact) mass is 401 g/mol. The van der Waals surface area contributed by atoms with Crippen molar-refractivity contribution in [2.45, 2.75) is 6.18 Å². The first kappa shape index (κ1) is 20.6. The molecule has 2 rings (SSSR count). The Hall–Kier alpha value is -3.75. The van der Waals surface area contributed by atoms with Crippen LogP contribution in [0.1, 0.15) is 5.56 Å². The summed E-state index contributed by atoms with van der Waals surface area (Å²) in [6.45, 7) is 0. The molecule has 6 nitrogen and oxygen atoms in total. The number of benzene rings is 2. The van der Waals surface area contributed by atoms with Crippen molar-refractivity contribution in [3.63, 3.8) is 0 Å². The Morgan fingerprint density at radius 2 is 1.71 bits per heavy atom. The molecule has 0 atom stereocenters. The van der Waals surface area contributed by atoms with Crippen molar-refractivity contribution in [3.05, 3.63) is 53.3 Å². The number of nitrogens with zero attached hydrogens (tertiary/aromatic N) is 2. The predicted molar refractivity (Wildman–Crippen MR) is 86.4 cm³/mol. The minimum absolute atomic E-state index is 0.0462. The largest absolute Gasteiger partial charge is 0.451 e. The Balaban J connectivity index is 2.26. The molecule has 0 saturated heterocycles. The van der Waals surface area contributed by atoms with E-state index in [9.17, 15) is 26.3 Å². The molecule has 12 heteroatoms. The number of anilines is 1. The van der Waals surface area contributed by atoms with Crippen LogP contribution < -0.4 is 15.9 Å². The van der Waals surface area contributed by atoms with E-state index in [0.29, 0.717) is 6.07 Å². The molecule has 146 valence electrons. The Labute approximate surface area is 153 Å². The topological polar surface area (TPSA) is 107 Å². The first-order chi connectivity index (χ1) is 13.0. The zero-order chi connectivity index (χ0) is 21.1. The van der Waals surface area contributed by atoms with E-state index in [1.54, 1.807) is 0 Å². The van der Waals surface area contributed by atoms with Crippen molar-refractivity contribution >= 4 is 17.2 Å². The lowest BCUT2D eigenvalue weighted by atomic mass is 10.2. The number of rotatable bonds is 5. The third-order valence-corrected chi connectivity index (χ3v) is 3.14.